The number of carbonyl (C=O) groups excluding carboxylic acids is 1. The summed E-state index contributed by atoms with van der Waals surface area (Å²) in [6.45, 7) is 1.40. The van der Waals surface area contributed by atoms with Crippen LogP contribution in [0, 0.1) is 0 Å². The zero-order chi connectivity index (χ0) is 11.5. The van der Waals surface area contributed by atoms with E-state index in [-0.39, 0.29) is 11.7 Å². The van der Waals surface area contributed by atoms with Crippen molar-refractivity contribution < 1.29 is 9.53 Å². The van der Waals surface area contributed by atoms with Gasteiger partial charge in [-0.05, 0) is 17.2 Å². The van der Waals surface area contributed by atoms with E-state index in [1.807, 2.05) is 12.1 Å². The molecule has 0 radical (unpaired) electrons. The number of hydrogen-bond donors (Lipinski definition) is 1. The maximum absolute atomic E-state index is 11.4. The number of ether oxygens (including phenoxy) is 1. The van der Waals surface area contributed by atoms with Gasteiger partial charge >= 0.3 is 0 Å². The van der Waals surface area contributed by atoms with E-state index in [2.05, 4.69) is 18.7 Å². The van der Waals surface area contributed by atoms with E-state index < -0.39 is 0 Å². The van der Waals surface area contributed by atoms with Crippen LogP contribution in [0.3, 0.4) is 0 Å². The third kappa shape index (κ3) is 2.32. The van der Waals surface area contributed by atoms with Gasteiger partial charge in [-0.15, -0.1) is 0 Å². The average molecular weight is 237 g/mol. The van der Waals surface area contributed by atoms with Gasteiger partial charge in [0.2, 0.25) is 5.91 Å². The zero-order valence-electron chi connectivity index (χ0n) is 9.27. The molecule has 0 saturated heterocycles. The van der Waals surface area contributed by atoms with Crippen molar-refractivity contribution in [2.45, 2.75) is 13.0 Å². The highest BCUT2D eigenvalue weighted by Crippen LogP contribution is 2.26. The molecule has 4 heteroatoms. The number of amides is 1. The molecule has 0 unspecified atom stereocenters. The molecule has 3 nitrogen and oxygen atoms in total. The van der Waals surface area contributed by atoms with Crippen molar-refractivity contribution in [3.63, 3.8) is 0 Å². The largest absolute Gasteiger partial charge is 0.493 e. The Morgan fingerprint density at radius 3 is 3.12 bits per heavy atom. The molecule has 1 aliphatic rings. The van der Waals surface area contributed by atoms with Crippen LogP contribution in [0.15, 0.2) is 18.2 Å². The van der Waals surface area contributed by atoms with Crippen molar-refractivity contribution in [3.8, 4) is 5.75 Å². The predicted octanol–water partition coefficient (Wildman–Crippen LogP) is 1.51. The number of thiol groups is 1. The molecule has 1 aromatic rings. The van der Waals surface area contributed by atoms with Crippen molar-refractivity contribution in [2.24, 2.45) is 0 Å². The quantitative estimate of drug-likeness (QED) is 0.808. The number of hydrogen-bond acceptors (Lipinski definition) is 3. The normalized spacial score (nSPS) is 13.1. The monoisotopic (exact) mass is 237 g/mol. The Morgan fingerprint density at radius 1 is 1.56 bits per heavy atom. The number of fused-ring (bicyclic) bond motifs is 1. The third-order valence-electron chi connectivity index (χ3n) is 2.73. The van der Waals surface area contributed by atoms with Crippen molar-refractivity contribution in [2.75, 3.05) is 19.4 Å². The number of carbonyl (C=O) groups is 1. The number of benzene rings is 1. The standard InChI is InChI=1S/C12H15NO2S/c1-13(12(14)8-16)7-9-2-3-11-10(6-9)4-5-15-11/h2-3,6,16H,4-5,7-8H2,1H3. The molecule has 0 N–H and O–H groups in total. The van der Waals surface area contributed by atoms with E-state index in [4.69, 9.17) is 4.74 Å². The second-order valence-electron chi connectivity index (χ2n) is 3.95. The van der Waals surface area contributed by atoms with Gasteiger partial charge in [-0.2, -0.15) is 12.6 Å². The second-order valence-corrected chi connectivity index (χ2v) is 4.26. The summed E-state index contributed by atoms with van der Waals surface area (Å²) in [5.41, 5.74) is 2.38. The van der Waals surface area contributed by atoms with Crippen LogP contribution < -0.4 is 4.74 Å². The molecule has 1 aliphatic heterocycles. The molecule has 0 aliphatic carbocycles. The van der Waals surface area contributed by atoms with Crippen molar-refractivity contribution in [1.82, 2.24) is 4.90 Å². The molecule has 1 amide bonds. The maximum atomic E-state index is 11.4. The molecule has 1 aromatic carbocycles. The van der Waals surface area contributed by atoms with E-state index in [9.17, 15) is 4.79 Å². The second kappa shape index (κ2) is 4.78. The summed E-state index contributed by atoms with van der Waals surface area (Å²) >= 11 is 3.98. The van der Waals surface area contributed by atoms with E-state index >= 15 is 0 Å². The third-order valence-corrected chi connectivity index (χ3v) is 3.01. The minimum Gasteiger partial charge on any atom is -0.493 e. The van der Waals surface area contributed by atoms with Gasteiger partial charge in [0, 0.05) is 20.0 Å². The van der Waals surface area contributed by atoms with Gasteiger partial charge in [-0.3, -0.25) is 4.79 Å². The van der Waals surface area contributed by atoms with Crippen molar-refractivity contribution in [1.29, 1.82) is 0 Å². The molecule has 0 bridgehead atoms. The Bertz CT molecular complexity index is 406. The smallest absolute Gasteiger partial charge is 0.232 e. The molecule has 2 rings (SSSR count). The summed E-state index contributed by atoms with van der Waals surface area (Å²) in [5, 5.41) is 0. The fraction of sp³-hybridized carbons (Fsp3) is 0.417. The average Bonchev–Trinajstić information content (AvgIpc) is 2.75. The highest BCUT2D eigenvalue weighted by molar-refractivity contribution is 7.81. The van der Waals surface area contributed by atoms with Gasteiger partial charge in [0.05, 0.1) is 12.4 Å². The topological polar surface area (TPSA) is 29.5 Å². The number of rotatable bonds is 3. The predicted molar refractivity (Wildman–Crippen MR) is 66.0 cm³/mol. The lowest BCUT2D eigenvalue weighted by molar-refractivity contribution is -0.127. The molecule has 1 heterocycles. The van der Waals surface area contributed by atoms with Crippen molar-refractivity contribution >= 4 is 18.5 Å². The first-order valence-corrected chi connectivity index (χ1v) is 5.93. The van der Waals surface area contributed by atoms with Gasteiger partial charge < -0.3 is 9.64 Å². The Hall–Kier alpha value is -1.16. The summed E-state index contributed by atoms with van der Waals surface area (Å²) < 4.78 is 5.43. The fourth-order valence-corrected chi connectivity index (χ4v) is 2.06. The molecular formula is C12H15NO2S. The van der Waals surface area contributed by atoms with E-state index in [1.165, 1.54) is 5.56 Å². The molecule has 86 valence electrons. The highest BCUT2D eigenvalue weighted by Gasteiger charge is 2.13. The Balaban J connectivity index is 2.08. The number of nitrogens with zero attached hydrogens (tertiary/aromatic N) is 1. The van der Waals surface area contributed by atoms with Crippen LogP contribution in [0.5, 0.6) is 5.75 Å². The van der Waals surface area contributed by atoms with Crippen LogP contribution in [0.25, 0.3) is 0 Å². The minimum atomic E-state index is 0.0417. The van der Waals surface area contributed by atoms with Crippen LogP contribution in [0.1, 0.15) is 11.1 Å². The van der Waals surface area contributed by atoms with Gasteiger partial charge in [-0.25, -0.2) is 0 Å². The first-order valence-electron chi connectivity index (χ1n) is 5.30. The fourth-order valence-electron chi connectivity index (χ4n) is 1.82. The molecule has 0 fully saturated rings. The van der Waals surface area contributed by atoms with Gasteiger partial charge in [0.25, 0.3) is 0 Å². The molecule has 0 spiro atoms. The lowest BCUT2D eigenvalue weighted by Crippen LogP contribution is -2.27. The first-order chi connectivity index (χ1) is 7.70. The molecular weight excluding hydrogens is 222 g/mol. The van der Waals surface area contributed by atoms with E-state index in [0.717, 1.165) is 24.3 Å². The summed E-state index contributed by atoms with van der Waals surface area (Å²) in [5.74, 6) is 1.27. The SMILES string of the molecule is CN(Cc1ccc2c(c1)CCO2)C(=O)CS. The Kier molecular flexibility index (Phi) is 3.39. The Labute approximate surface area is 101 Å². The molecule has 0 aromatic heterocycles. The van der Waals surface area contributed by atoms with Gasteiger partial charge in [0.15, 0.2) is 0 Å². The first kappa shape index (κ1) is 11.3. The Morgan fingerprint density at radius 2 is 2.38 bits per heavy atom. The van der Waals surface area contributed by atoms with Crippen molar-refractivity contribution in [3.05, 3.63) is 29.3 Å². The lowest BCUT2D eigenvalue weighted by Gasteiger charge is -2.16. The van der Waals surface area contributed by atoms with E-state index in [0.29, 0.717) is 6.54 Å². The van der Waals surface area contributed by atoms with Crippen LogP contribution in [0.2, 0.25) is 0 Å². The summed E-state index contributed by atoms with van der Waals surface area (Å²) in [6, 6.07) is 6.10. The van der Waals surface area contributed by atoms with Crippen LogP contribution in [-0.2, 0) is 17.8 Å². The summed E-state index contributed by atoms with van der Waals surface area (Å²) in [7, 11) is 1.79. The van der Waals surface area contributed by atoms with Crippen LogP contribution >= 0.6 is 12.6 Å². The summed E-state index contributed by atoms with van der Waals surface area (Å²) in [4.78, 5) is 13.1. The molecule has 0 atom stereocenters. The minimum absolute atomic E-state index is 0.0417. The van der Waals surface area contributed by atoms with E-state index in [1.54, 1.807) is 11.9 Å². The summed E-state index contributed by atoms with van der Waals surface area (Å²) in [6.07, 6.45) is 0.966. The van der Waals surface area contributed by atoms with Gasteiger partial charge in [0.1, 0.15) is 5.75 Å². The highest BCUT2D eigenvalue weighted by atomic mass is 32.1. The zero-order valence-corrected chi connectivity index (χ0v) is 10.2. The molecule has 16 heavy (non-hydrogen) atoms. The molecule has 0 saturated carbocycles. The maximum Gasteiger partial charge on any atom is 0.232 e. The lowest BCUT2D eigenvalue weighted by atomic mass is 10.1. The van der Waals surface area contributed by atoms with Crippen LogP contribution in [-0.4, -0.2) is 30.2 Å². The van der Waals surface area contributed by atoms with Gasteiger partial charge in [-0.1, -0.05) is 12.1 Å². The van der Waals surface area contributed by atoms with Crippen LogP contribution in [0.4, 0.5) is 0 Å².